The van der Waals surface area contributed by atoms with Gasteiger partial charge in [0.1, 0.15) is 11.6 Å². The molecular weight excluding hydrogens is 398 g/mol. The van der Waals surface area contributed by atoms with E-state index in [2.05, 4.69) is 5.32 Å². The lowest BCUT2D eigenvalue weighted by Gasteiger charge is -2.14. The maximum Gasteiger partial charge on any atom is 0.349 e. The Bertz CT molecular complexity index is 1040. The van der Waals surface area contributed by atoms with Crippen molar-refractivity contribution in [2.24, 2.45) is 0 Å². The summed E-state index contributed by atoms with van der Waals surface area (Å²) < 4.78 is 15.7. The van der Waals surface area contributed by atoms with Gasteiger partial charge >= 0.3 is 5.97 Å². The summed E-state index contributed by atoms with van der Waals surface area (Å²) in [6.07, 6.45) is 0.369. The van der Waals surface area contributed by atoms with E-state index in [0.717, 1.165) is 11.3 Å². The minimum Gasteiger partial charge on any atom is -0.454 e. The van der Waals surface area contributed by atoms with Crippen LogP contribution < -0.4 is 19.7 Å². The maximum atomic E-state index is 12.3. The fraction of sp³-hybridized carbons (Fsp3) is 0.261. The van der Waals surface area contributed by atoms with Gasteiger partial charge in [0.25, 0.3) is 5.91 Å². The first-order valence-corrected chi connectivity index (χ1v) is 9.64. The van der Waals surface area contributed by atoms with Crippen LogP contribution in [0, 0.1) is 11.3 Å². The van der Waals surface area contributed by atoms with E-state index in [9.17, 15) is 14.9 Å². The first-order chi connectivity index (χ1) is 14.9. The molecule has 0 saturated heterocycles. The number of carbonyl (C=O) groups is 2. The zero-order valence-electron chi connectivity index (χ0n) is 17.5. The van der Waals surface area contributed by atoms with Gasteiger partial charge in [-0.05, 0) is 48.4 Å². The highest BCUT2D eigenvalue weighted by Crippen LogP contribution is 2.32. The van der Waals surface area contributed by atoms with Crippen molar-refractivity contribution < 1.29 is 23.8 Å². The Morgan fingerprint density at radius 1 is 1.19 bits per heavy atom. The fourth-order valence-corrected chi connectivity index (χ4v) is 2.83. The van der Waals surface area contributed by atoms with E-state index < -0.39 is 18.0 Å². The summed E-state index contributed by atoms with van der Waals surface area (Å²) >= 11 is 0. The number of nitrogens with one attached hydrogen (secondary N) is 1. The number of fused-ring (bicyclic) bond motifs is 1. The lowest BCUT2D eigenvalue weighted by Crippen LogP contribution is -2.35. The molecule has 2 aromatic carbocycles. The first-order valence-electron chi connectivity index (χ1n) is 9.64. The molecule has 0 spiro atoms. The number of nitriles is 1. The predicted molar refractivity (Wildman–Crippen MR) is 114 cm³/mol. The van der Waals surface area contributed by atoms with Gasteiger partial charge < -0.3 is 24.4 Å². The van der Waals surface area contributed by atoms with Gasteiger partial charge in [-0.1, -0.05) is 18.2 Å². The third-order valence-electron chi connectivity index (χ3n) is 4.62. The quantitative estimate of drug-likeness (QED) is 0.417. The highest BCUT2D eigenvalue weighted by atomic mass is 16.7. The van der Waals surface area contributed by atoms with Gasteiger partial charge in [-0.25, -0.2) is 4.79 Å². The van der Waals surface area contributed by atoms with Gasteiger partial charge in [0.2, 0.25) is 6.79 Å². The SMILES string of the molecule is C[C@H](OC(=O)/C(C#N)=C\c1ccc(N(C)C)cc1)C(=O)NCc1ccc2c(c1)OCO2. The summed E-state index contributed by atoms with van der Waals surface area (Å²) in [4.78, 5) is 26.6. The smallest absolute Gasteiger partial charge is 0.349 e. The average molecular weight is 421 g/mol. The molecule has 3 rings (SSSR count). The first kappa shape index (κ1) is 21.7. The number of hydrogen-bond donors (Lipinski definition) is 1. The van der Waals surface area contributed by atoms with Gasteiger partial charge in [-0.2, -0.15) is 5.26 Å². The van der Waals surface area contributed by atoms with Crippen LogP contribution in [0.2, 0.25) is 0 Å². The molecule has 0 aliphatic carbocycles. The van der Waals surface area contributed by atoms with Gasteiger partial charge in [-0.15, -0.1) is 0 Å². The zero-order valence-corrected chi connectivity index (χ0v) is 17.5. The van der Waals surface area contributed by atoms with Gasteiger partial charge in [0.05, 0.1) is 0 Å². The van der Waals surface area contributed by atoms with Crippen LogP contribution in [-0.4, -0.2) is 38.9 Å². The van der Waals surface area contributed by atoms with Crippen LogP contribution in [0.5, 0.6) is 11.5 Å². The molecule has 0 unspecified atom stereocenters. The predicted octanol–water partition coefficient (Wildman–Crippen LogP) is 2.64. The van der Waals surface area contributed by atoms with Crippen molar-refractivity contribution in [2.75, 3.05) is 25.8 Å². The molecule has 8 nitrogen and oxygen atoms in total. The van der Waals surface area contributed by atoms with Crippen LogP contribution in [0.1, 0.15) is 18.1 Å². The van der Waals surface area contributed by atoms with E-state index in [1.165, 1.54) is 13.0 Å². The monoisotopic (exact) mass is 421 g/mol. The highest BCUT2D eigenvalue weighted by molar-refractivity contribution is 5.99. The molecule has 1 amide bonds. The minimum atomic E-state index is -1.06. The van der Waals surface area contributed by atoms with Gasteiger partial charge in [0, 0.05) is 26.3 Å². The summed E-state index contributed by atoms with van der Waals surface area (Å²) in [5.74, 6) is -0.0539. The largest absolute Gasteiger partial charge is 0.454 e. The molecule has 0 fully saturated rings. The number of amides is 1. The van der Waals surface area contributed by atoms with Crippen molar-refractivity contribution in [3.8, 4) is 17.6 Å². The standard InChI is InChI=1S/C23H23N3O5/c1-15(22(27)25-13-17-6-9-20-21(11-17)30-14-29-20)31-23(28)18(12-24)10-16-4-7-19(8-5-16)26(2)3/h4-11,15H,13-14H2,1-3H3,(H,25,27)/b18-10-/t15-/m0/s1. The molecule has 160 valence electrons. The summed E-state index contributed by atoms with van der Waals surface area (Å²) in [6.45, 7) is 1.86. The topological polar surface area (TPSA) is 101 Å². The lowest BCUT2D eigenvalue weighted by molar-refractivity contribution is -0.150. The lowest BCUT2D eigenvalue weighted by atomic mass is 10.1. The molecule has 31 heavy (non-hydrogen) atoms. The number of benzene rings is 2. The Balaban J connectivity index is 1.56. The molecule has 0 radical (unpaired) electrons. The van der Waals surface area contributed by atoms with E-state index in [0.29, 0.717) is 17.1 Å². The molecule has 0 aromatic heterocycles. The average Bonchev–Trinajstić information content (AvgIpc) is 3.23. The Morgan fingerprint density at radius 2 is 1.90 bits per heavy atom. The minimum absolute atomic E-state index is 0.173. The fourth-order valence-electron chi connectivity index (χ4n) is 2.83. The van der Waals surface area contributed by atoms with Crippen molar-refractivity contribution in [3.63, 3.8) is 0 Å². The van der Waals surface area contributed by atoms with E-state index in [-0.39, 0.29) is 18.9 Å². The molecule has 1 atom stereocenters. The van der Waals surface area contributed by atoms with Gasteiger partial charge in [0.15, 0.2) is 17.6 Å². The molecule has 2 aromatic rings. The normalized spacial score (nSPS) is 13.2. The summed E-state index contributed by atoms with van der Waals surface area (Å²) in [5.41, 5.74) is 2.30. The van der Waals surface area contributed by atoms with Crippen molar-refractivity contribution in [1.29, 1.82) is 5.26 Å². The number of ether oxygens (including phenoxy) is 3. The van der Waals surface area contributed by atoms with E-state index in [4.69, 9.17) is 14.2 Å². The van der Waals surface area contributed by atoms with E-state index in [1.807, 2.05) is 43.3 Å². The van der Waals surface area contributed by atoms with Crippen LogP contribution in [0.4, 0.5) is 5.69 Å². The van der Waals surface area contributed by atoms with Crippen LogP contribution in [0.15, 0.2) is 48.0 Å². The van der Waals surface area contributed by atoms with Crippen LogP contribution in [-0.2, 0) is 20.9 Å². The molecule has 1 N–H and O–H groups in total. The maximum absolute atomic E-state index is 12.3. The summed E-state index contributed by atoms with van der Waals surface area (Å²) in [7, 11) is 3.84. The third kappa shape index (κ3) is 5.54. The molecule has 1 aliphatic rings. The summed E-state index contributed by atoms with van der Waals surface area (Å²) in [5, 5.41) is 12.0. The van der Waals surface area contributed by atoms with Crippen LogP contribution in [0.25, 0.3) is 6.08 Å². The zero-order chi connectivity index (χ0) is 22.4. The second kappa shape index (κ2) is 9.67. The third-order valence-corrected chi connectivity index (χ3v) is 4.62. The number of nitrogens with zero attached hydrogens (tertiary/aromatic N) is 2. The second-order valence-electron chi connectivity index (χ2n) is 7.11. The second-order valence-corrected chi connectivity index (χ2v) is 7.11. The Kier molecular flexibility index (Phi) is 6.78. The van der Waals surface area contributed by atoms with Crippen molar-refractivity contribution >= 4 is 23.6 Å². The van der Waals surface area contributed by atoms with Crippen molar-refractivity contribution in [2.45, 2.75) is 19.6 Å². The number of rotatable bonds is 7. The molecule has 0 bridgehead atoms. The Morgan fingerprint density at radius 3 is 2.58 bits per heavy atom. The Labute approximate surface area is 180 Å². The van der Waals surface area contributed by atoms with E-state index >= 15 is 0 Å². The molecule has 1 aliphatic heterocycles. The van der Waals surface area contributed by atoms with Crippen LogP contribution >= 0.6 is 0 Å². The number of anilines is 1. The van der Waals surface area contributed by atoms with E-state index in [1.54, 1.807) is 24.3 Å². The molecule has 1 heterocycles. The summed E-state index contributed by atoms with van der Waals surface area (Å²) in [6, 6.07) is 14.5. The molecule has 8 heteroatoms. The van der Waals surface area contributed by atoms with Crippen molar-refractivity contribution in [1.82, 2.24) is 5.32 Å². The number of carbonyl (C=O) groups excluding carboxylic acids is 2. The van der Waals surface area contributed by atoms with Crippen LogP contribution in [0.3, 0.4) is 0 Å². The number of esters is 1. The number of hydrogen-bond acceptors (Lipinski definition) is 7. The van der Waals surface area contributed by atoms with Crippen molar-refractivity contribution in [3.05, 3.63) is 59.2 Å². The Hall–Kier alpha value is -3.99. The molecule has 0 saturated carbocycles. The van der Waals surface area contributed by atoms with Gasteiger partial charge in [-0.3, -0.25) is 4.79 Å². The molecular formula is C23H23N3O5. The highest BCUT2D eigenvalue weighted by Gasteiger charge is 2.21.